The molecule has 87 heavy (non-hydrogen) atoms. The summed E-state index contributed by atoms with van der Waals surface area (Å²) in [6, 6.07) is 0. The summed E-state index contributed by atoms with van der Waals surface area (Å²) < 4.78 is 68.1. The Balaban J connectivity index is 5.22. The third-order valence-corrected chi connectivity index (χ3v) is 17.9. The van der Waals surface area contributed by atoms with Crippen molar-refractivity contribution >= 4 is 39.5 Å². The monoisotopic (exact) mass is 1280 g/mol. The van der Waals surface area contributed by atoms with Crippen molar-refractivity contribution in [2.24, 2.45) is 17.8 Å². The van der Waals surface area contributed by atoms with Gasteiger partial charge in [-0.2, -0.15) is 0 Å². The fourth-order valence-electron chi connectivity index (χ4n) is 10.2. The van der Waals surface area contributed by atoms with E-state index in [4.69, 9.17) is 37.0 Å². The van der Waals surface area contributed by atoms with Crippen LogP contribution in [0.1, 0.15) is 337 Å². The Kier molecular flexibility index (Phi) is 57.8. The van der Waals surface area contributed by atoms with Crippen LogP contribution in [0.25, 0.3) is 0 Å². The number of aliphatic hydroxyl groups excluding tert-OH is 1. The number of carbonyl (C=O) groups is 4. The summed E-state index contributed by atoms with van der Waals surface area (Å²) in [4.78, 5) is 72.4. The number of esters is 4. The number of phosphoric ester groups is 2. The van der Waals surface area contributed by atoms with Gasteiger partial charge in [-0.1, -0.05) is 286 Å². The smallest absolute Gasteiger partial charge is 0.462 e. The molecule has 0 aromatic carbocycles. The summed E-state index contributed by atoms with van der Waals surface area (Å²) >= 11 is 0. The van der Waals surface area contributed by atoms with Gasteiger partial charge >= 0.3 is 39.5 Å². The van der Waals surface area contributed by atoms with Gasteiger partial charge in [-0.3, -0.25) is 37.3 Å². The molecule has 3 N–H and O–H groups in total. The first-order valence-electron chi connectivity index (χ1n) is 35.4. The molecule has 0 fully saturated rings. The highest BCUT2D eigenvalue weighted by Crippen LogP contribution is 2.45. The molecular formula is C68H132O17P2. The fraction of sp³-hybridized carbons (Fsp3) is 0.941. The highest BCUT2D eigenvalue weighted by atomic mass is 31.2. The van der Waals surface area contributed by atoms with Gasteiger partial charge in [-0.05, 0) is 43.4 Å². The molecule has 0 aromatic rings. The van der Waals surface area contributed by atoms with Gasteiger partial charge in [0.25, 0.3) is 0 Å². The van der Waals surface area contributed by atoms with Gasteiger partial charge < -0.3 is 33.8 Å². The summed E-state index contributed by atoms with van der Waals surface area (Å²) in [6.07, 6.45) is 42.0. The van der Waals surface area contributed by atoms with Gasteiger partial charge in [0.1, 0.15) is 19.3 Å². The summed E-state index contributed by atoms with van der Waals surface area (Å²) in [6.45, 7) is 11.7. The van der Waals surface area contributed by atoms with Crippen molar-refractivity contribution in [1.29, 1.82) is 0 Å². The van der Waals surface area contributed by atoms with Crippen molar-refractivity contribution in [2.75, 3.05) is 39.6 Å². The number of hydrogen-bond donors (Lipinski definition) is 3. The molecule has 0 saturated carbocycles. The lowest BCUT2D eigenvalue weighted by molar-refractivity contribution is -0.161. The zero-order valence-corrected chi connectivity index (χ0v) is 58.3. The van der Waals surface area contributed by atoms with Crippen LogP contribution in [-0.4, -0.2) is 96.7 Å². The van der Waals surface area contributed by atoms with Crippen molar-refractivity contribution in [3.63, 3.8) is 0 Å². The van der Waals surface area contributed by atoms with Crippen LogP contribution in [0.2, 0.25) is 0 Å². The van der Waals surface area contributed by atoms with E-state index in [-0.39, 0.29) is 25.7 Å². The van der Waals surface area contributed by atoms with Gasteiger partial charge in [0.15, 0.2) is 12.2 Å². The van der Waals surface area contributed by atoms with Crippen molar-refractivity contribution in [1.82, 2.24) is 0 Å². The molecule has 0 aliphatic rings. The molecule has 19 heteroatoms. The van der Waals surface area contributed by atoms with E-state index >= 15 is 0 Å². The minimum Gasteiger partial charge on any atom is -0.462 e. The maximum absolute atomic E-state index is 13.0. The van der Waals surface area contributed by atoms with E-state index in [0.717, 1.165) is 108 Å². The van der Waals surface area contributed by atoms with Gasteiger partial charge in [-0.25, -0.2) is 9.13 Å². The zero-order valence-electron chi connectivity index (χ0n) is 56.5. The molecule has 6 atom stereocenters. The van der Waals surface area contributed by atoms with Crippen LogP contribution in [0.5, 0.6) is 0 Å². The van der Waals surface area contributed by atoms with Gasteiger partial charge in [0.05, 0.1) is 26.4 Å². The van der Waals surface area contributed by atoms with Crippen LogP contribution in [0.15, 0.2) is 0 Å². The van der Waals surface area contributed by atoms with Crippen LogP contribution >= 0.6 is 15.6 Å². The van der Waals surface area contributed by atoms with E-state index in [1.54, 1.807) is 0 Å². The Morgan fingerprint density at radius 1 is 0.333 bits per heavy atom. The number of carbonyl (C=O) groups excluding carboxylic acids is 4. The second-order valence-corrected chi connectivity index (χ2v) is 28.7. The first-order valence-corrected chi connectivity index (χ1v) is 38.4. The Hall–Kier alpha value is -1.94. The molecule has 0 radical (unpaired) electrons. The van der Waals surface area contributed by atoms with Crippen LogP contribution in [-0.2, 0) is 65.4 Å². The standard InChI is InChI=1S/C68H132O17P2/c1-8-10-11-12-13-14-15-16-17-18-19-20-21-22-27-37-44-51-67(72)84-63(55-78-65(70)49-42-35-26-24-23-25-32-39-46-59(3)4)57-82-86(74,75)80-53-62(69)54-81-87(76,77)83-58-64(56-79-66(71)50-43-36-30-28-33-40-47-60(5)6)85-68(73)52-45-38-31-29-34-41-48-61(7)9-2/h59-64,69H,8-58H2,1-7H3,(H,74,75)(H,76,77)/t61?,62-,63-,64-/m1/s1. The van der Waals surface area contributed by atoms with E-state index in [2.05, 4.69) is 48.5 Å². The molecule has 0 aliphatic heterocycles. The molecule has 0 saturated heterocycles. The predicted molar refractivity (Wildman–Crippen MR) is 349 cm³/mol. The number of ether oxygens (including phenoxy) is 4. The van der Waals surface area contributed by atoms with Crippen LogP contribution in [0.3, 0.4) is 0 Å². The van der Waals surface area contributed by atoms with Crippen molar-refractivity contribution in [2.45, 2.75) is 356 Å². The number of aliphatic hydroxyl groups is 1. The van der Waals surface area contributed by atoms with Crippen LogP contribution in [0, 0.1) is 17.8 Å². The summed E-state index contributed by atoms with van der Waals surface area (Å²) in [5.74, 6) is -0.00873. The molecule has 0 spiro atoms. The molecule has 0 heterocycles. The molecule has 0 aromatic heterocycles. The molecular weight excluding hydrogens is 1150 g/mol. The zero-order chi connectivity index (χ0) is 64.5. The quantitative estimate of drug-likeness (QED) is 0.0222. The minimum atomic E-state index is -4.95. The fourth-order valence-corrected chi connectivity index (χ4v) is 11.7. The van der Waals surface area contributed by atoms with Gasteiger partial charge in [0, 0.05) is 25.7 Å². The number of rotatable bonds is 66. The average molecular weight is 1280 g/mol. The summed E-state index contributed by atoms with van der Waals surface area (Å²) in [7, 11) is -9.90. The number of hydrogen-bond acceptors (Lipinski definition) is 15. The summed E-state index contributed by atoms with van der Waals surface area (Å²) in [5.41, 5.74) is 0. The van der Waals surface area contributed by atoms with E-state index in [1.807, 2.05) is 0 Å². The first kappa shape index (κ1) is 85.1. The Morgan fingerprint density at radius 3 is 0.874 bits per heavy atom. The Labute approximate surface area is 530 Å². The van der Waals surface area contributed by atoms with E-state index < -0.39 is 97.5 Å². The molecule has 516 valence electrons. The molecule has 0 amide bonds. The Morgan fingerprint density at radius 2 is 0.586 bits per heavy atom. The maximum atomic E-state index is 13.0. The van der Waals surface area contributed by atoms with Gasteiger partial charge in [-0.15, -0.1) is 0 Å². The molecule has 0 aliphatic carbocycles. The van der Waals surface area contributed by atoms with Crippen molar-refractivity contribution in [3.8, 4) is 0 Å². The maximum Gasteiger partial charge on any atom is 0.472 e. The normalized spacial score (nSPS) is 14.6. The van der Waals surface area contributed by atoms with Crippen molar-refractivity contribution in [3.05, 3.63) is 0 Å². The lowest BCUT2D eigenvalue weighted by Crippen LogP contribution is -2.30. The SMILES string of the molecule is CCCCCCCCCCCCCCCCCCCC(=O)O[C@H](COC(=O)CCCCCCCCCCC(C)C)COP(=O)(O)OC[C@@H](O)COP(=O)(O)OC[C@@H](COC(=O)CCCCCCCCC(C)C)OC(=O)CCCCCCCCC(C)CC. The van der Waals surface area contributed by atoms with Crippen LogP contribution < -0.4 is 0 Å². The average Bonchev–Trinajstić information content (AvgIpc) is 3.69. The predicted octanol–water partition coefficient (Wildman–Crippen LogP) is 19.1. The van der Waals surface area contributed by atoms with Gasteiger partial charge in [0.2, 0.25) is 0 Å². The lowest BCUT2D eigenvalue weighted by atomic mass is 10.00. The molecule has 0 rings (SSSR count). The third-order valence-electron chi connectivity index (χ3n) is 16.0. The molecule has 17 nitrogen and oxygen atoms in total. The first-order chi connectivity index (χ1) is 41.8. The second-order valence-electron chi connectivity index (χ2n) is 25.8. The van der Waals surface area contributed by atoms with E-state index in [0.29, 0.717) is 31.6 Å². The highest BCUT2D eigenvalue weighted by molar-refractivity contribution is 7.47. The van der Waals surface area contributed by atoms with E-state index in [9.17, 15) is 43.2 Å². The largest absolute Gasteiger partial charge is 0.472 e. The molecule has 3 unspecified atom stereocenters. The minimum absolute atomic E-state index is 0.102. The number of unbranched alkanes of at least 4 members (excludes halogenated alkanes) is 33. The topological polar surface area (TPSA) is 237 Å². The van der Waals surface area contributed by atoms with E-state index in [1.165, 1.54) is 141 Å². The second kappa shape index (κ2) is 59.1. The van der Waals surface area contributed by atoms with Crippen molar-refractivity contribution < 1.29 is 80.2 Å². The number of phosphoric acid groups is 2. The summed E-state index contributed by atoms with van der Waals surface area (Å²) in [5, 5.41) is 10.6. The third kappa shape index (κ3) is 61.3. The Bertz CT molecular complexity index is 1720. The highest BCUT2D eigenvalue weighted by Gasteiger charge is 2.30. The molecule has 0 bridgehead atoms. The lowest BCUT2D eigenvalue weighted by Gasteiger charge is -2.21. The van der Waals surface area contributed by atoms with Crippen LogP contribution in [0.4, 0.5) is 0 Å².